The molecule has 0 saturated carbocycles. The molecule has 37 heavy (non-hydrogen) atoms. The third-order valence-electron chi connectivity index (χ3n) is 5.63. The zero-order valence-electron chi connectivity index (χ0n) is 23.4. The van der Waals surface area contributed by atoms with Crippen LogP contribution in [0.1, 0.15) is 97.3 Å². The highest BCUT2D eigenvalue weighted by molar-refractivity contribution is 5.76. The van der Waals surface area contributed by atoms with Gasteiger partial charge in [-0.1, -0.05) is 112 Å². The summed E-state index contributed by atoms with van der Waals surface area (Å²) in [6.45, 7) is 3.99. The summed E-state index contributed by atoms with van der Waals surface area (Å²) in [5, 5.41) is 22.3. The lowest BCUT2D eigenvalue weighted by Crippen LogP contribution is -2.45. The van der Waals surface area contributed by atoms with E-state index in [1.807, 2.05) is 6.08 Å². The number of amides is 1. The SMILES string of the molecule is CC/C=C\C/C=C\C/C=C\C/C=C\C/C=C\C/C=C\CCCCC(=O)NC(CO)C(O)/C=C/CCCC. The molecule has 0 saturated heterocycles. The van der Waals surface area contributed by atoms with Crippen LogP contribution in [0.2, 0.25) is 0 Å². The Labute approximate surface area is 227 Å². The van der Waals surface area contributed by atoms with E-state index < -0.39 is 12.1 Å². The van der Waals surface area contributed by atoms with Crippen molar-refractivity contribution < 1.29 is 15.0 Å². The molecular formula is C33H53NO3. The van der Waals surface area contributed by atoms with Gasteiger partial charge in [0.25, 0.3) is 0 Å². The molecule has 0 heterocycles. The van der Waals surface area contributed by atoms with Gasteiger partial charge < -0.3 is 15.5 Å². The maximum Gasteiger partial charge on any atom is 0.220 e. The second-order valence-electron chi connectivity index (χ2n) is 9.08. The van der Waals surface area contributed by atoms with Crippen LogP contribution in [0.15, 0.2) is 85.1 Å². The molecule has 2 atom stereocenters. The Hall–Kier alpha value is -2.43. The summed E-state index contributed by atoms with van der Waals surface area (Å²) in [5.41, 5.74) is 0. The van der Waals surface area contributed by atoms with Gasteiger partial charge in [-0.15, -0.1) is 0 Å². The maximum atomic E-state index is 12.1. The molecule has 1 amide bonds. The predicted octanol–water partition coefficient (Wildman–Crippen LogP) is 7.83. The molecule has 0 aromatic heterocycles. The van der Waals surface area contributed by atoms with Crippen LogP contribution >= 0.6 is 0 Å². The fourth-order valence-corrected chi connectivity index (χ4v) is 3.40. The number of carbonyl (C=O) groups excluding carboxylic acids is 1. The lowest BCUT2D eigenvalue weighted by Gasteiger charge is -2.19. The van der Waals surface area contributed by atoms with Crippen LogP contribution in [0.4, 0.5) is 0 Å². The highest BCUT2D eigenvalue weighted by atomic mass is 16.3. The van der Waals surface area contributed by atoms with Crippen LogP contribution in [-0.2, 0) is 4.79 Å². The van der Waals surface area contributed by atoms with Gasteiger partial charge in [0.1, 0.15) is 0 Å². The average Bonchev–Trinajstić information content (AvgIpc) is 2.90. The minimum absolute atomic E-state index is 0.122. The summed E-state index contributed by atoms with van der Waals surface area (Å²) < 4.78 is 0. The smallest absolute Gasteiger partial charge is 0.220 e. The fourth-order valence-electron chi connectivity index (χ4n) is 3.40. The number of rotatable bonds is 23. The molecule has 0 bridgehead atoms. The van der Waals surface area contributed by atoms with Crippen LogP contribution < -0.4 is 5.32 Å². The molecule has 0 rings (SSSR count). The summed E-state index contributed by atoms with van der Waals surface area (Å²) in [6, 6.07) is -0.645. The minimum Gasteiger partial charge on any atom is -0.394 e. The molecule has 0 fully saturated rings. The van der Waals surface area contributed by atoms with E-state index in [9.17, 15) is 15.0 Å². The minimum atomic E-state index is -0.857. The second-order valence-corrected chi connectivity index (χ2v) is 9.08. The van der Waals surface area contributed by atoms with Crippen molar-refractivity contribution in [3.8, 4) is 0 Å². The standard InChI is InChI=1S/C33H53NO3/c1-3-5-7-9-10-11-12-13-14-15-16-17-18-19-20-21-22-23-24-25-27-29-33(37)34-31(30-35)32(36)28-26-8-6-4-2/h5,7,10-11,13-14,16-17,19-20,22-23,26,28,31-32,35-36H,3-4,6,8-9,12,15,18,21,24-25,27,29-30H2,1-2H3,(H,34,37)/b7-5-,11-10-,14-13-,17-16-,20-19-,23-22-,28-26+. The van der Waals surface area contributed by atoms with Crippen LogP contribution in [0.5, 0.6) is 0 Å². The van der Waals surface area contributed by atoms with Gasteiger partial charge >= 0.3 is 0 Å². The van der Waals surface area contributed by atoms with E-state index in [0.29, 0.717) is 6.42 Å². The zero-order valence-corrected chi connectivity index (χ0v) is 23.4. The first-order chi connectivity index (χ1) is 18.2. The molecule has 4 nitrogen and oxygen atoms in total. The molecule has 208 valence electrons. The highest BCUT2D eigenvalue weighted by Gasteiger charge is 2.17. The van der Waals surface area contributed by atoms with Gasteiger partial charge in [0.05, 0.1) is 18.8 Å². The molecule has 0 aromatic carbocycles. The number of nitrogens with one attached hydrogen (secondary N) is 1. The summed E-state index contributed by atoms with van der Waals surface area (Å²) in [4.78, 5) is 12.1. The number of carbonyl (C=O) groups is 1. The van der Waals surface area contributed by atoms with E-state index in [4.69, 9.17) is 0 Å². The number of allylic oxidation sites excluding steroid dienone is 13. The third kappa shape index (κ3) is 25.0. The van der Waals surface area contributed by atoms with Gasteiger partial charge in [-0.3, -0.25) is 4.79 Å². The van der Waals surface area contributed by atoms with E-state index >= 15 is 0 Å². The van der Waals surface area contributed by atoms with Crippen molar-refractivity contribution in [3.63, 3.8) is 0 Å². The topological polar surface area (TPSA) is 69.6 Å². The number of hydrogen-bond donors (Lipinski definition) is 3. The van der Waals surface area contributed by atoms with Crippen LogP contribution in [0, 0.1) is 0 Å². The Morgan fingerprint density at radius 3 is 1.65 bits per heavy atom. The van der Waals surface area contributed by atoms with Crippen molar-refractivity contribution in [3.05, 3.63) is 85.1 Å². The van der Waals surface area contributed by atoms with E-state index in [-0.39, 0.29) is 12.5 Å². The van der Waals surface area contributed by atoms with Crippen molar-refractivity contribution in [2.24, 2.45) is 0 Å². The quantitative estimate of drug-likeness (QED) is 0.0967. The van der Waals surface area contributed by atoms with E-state index in [0.717, 1.165) is 77.0 Å². The van der Waals surface area contributed by atoms with Crippen molar-refractivity contribution in [2.45, 2.75) is 109 Å². The van der Waals surface area contributed by atoms with Gasteiger partial charge in [-0.25, -0.2) is 0 Å². The fraction of sp³-hybridized carbons (Fsp3) is 0.545. The van der Waals surface area contributed by atoms with Gasteiger partial charge in [0.2, 0.25) is 5.91 Å². The zero-order chi connectivity index (χ0) is 27.2. The van der Waals surface area contributed by atoms with E-state index in [2.05, 4.69) is 92.1 Å². The Kier molecular flexibility index (Phi) is 26.3. The lowest BCUT2D eigenvalue weighted by atomic mass is 10.1. The summed E-state index contributed by atoms with van der Waals surface area (Å²) in [5.74, 6) is -0.122. The van der Waals surface area contributed by atoms with Crippen molar-refractivity contribution >= 4 is 5.91 Å². The highest BCUT2D eigenvalue weighted by Crippen LogP contribution is 2.05. The van der Waals surface area contributed by atoms with Crippen molar-refractivity contribution in [2.75, 3.05) is 6.61 Å². The van der Waals surface area contributed by atoms with Gasteiger partial charge in [-0.05, 0) is 64.2 Å². The number of hydrogen-bond acceptors (Lipinski definition) is 3. The summed E-state index contributed by atoms with van der Waals surface area (Å²) in [7, 11) is 0. The normalized spacial score (nSPS) is 14.6. The largest absolute Gasteiger partial charge is 0.394 e. The molecular weight excluding hydrogens is 458 g/mol. The molecule has 2 unspecified atom stereocenters. The van der Waals surface area contributed by atoms with Crippen LogP contribution in [0.25, 0.3) is 0 Å². The Bertz CT molecular complexity index is 728. The average molecular weight is 512 g/mol. The van der Waals surface area contributed by atoms with Crippen molar-refractivity contribution in [1.82, 2.24) is 5.32 Å². The maximum absolute atomic E-state index is 12.1. The second kappa shape index (κ2) is 28.1. The van der Waals surface area contributed by atoms with Gasteiger partial charge in [0.15, 0.2) is 0 Å². The molecule has 0 aliphatic rings. The Morgan fingerprint density at radius 1 is 0.676 bits per heavy atom. The molecule has 0 aromatic rings. The molecule has 0 aliphatic heterocycles. The number of aliphatic hydroxyl groups is 2. The predicted molar refractivity (Wildman–Crippen MR) is 160 cm³/mol. The van der Waals surface area contributed by atoms with E-state index in [1.54, 1.807) is 6.08 Å². The molecule has 3 N–H and O–H groups in total. The lowest BCUT2D eigenvalue weighted by molar-refractivity contribution is -0.123. The Morgan fingerprint density at radius 2 is 1.16 bits per heavy atom. The number of unbranched alkanes of at least 4 members (excludes halogenated alkanes) is 4. The summed E-state index contributed by atoms with van der Waals surface area (Å²) >= 11 is 0. The monoisotopic (exact) mass is 511 g/mol. The van der Waals surface area contributed by atoms with Crippen molar-refractivity contribution in [1.29, 1.82) is 0 Å². The molecule has 0 aliphatic carbocycles. The van der Waals surface area contributed by atoms with Gasteiger partial charge in [0, 0.05) is 6.42 Å². The Balaban J connectivity index is 3.78. The molecule has 4 heteroatoms. The first-order valence-electron chi connectivity index (χ1n) is 14.3. The molecule has 0 spiro atoms. The van der Waals surface area contributed by atoms with Crippen LogP contribution in [0.3, 0.4) is 0 Å². The first-order valence-corrected chi connectivity index (χ1v) is 14.3. The summed E-state index contributed by atoms with van der Waals surface area (Å²) in [6.07, 6.45) is 41.2. The number of aliphatic hydroxyl groups excluding tert-OH is 2. The third-order valence-corrected chi connectivity index (χ3v) is 5.63. The van der Waals surface area contributed by atoms with Crippen LogP contribution in [-0.4, -0.2) is 34.9 Å². The molecule has 0 radical (unpaired) electrons. The first kappa shape index (κ1) is 34.6. The van der Waals surface area contributed by atoms with E-state index in [1.165, 1.54) is 0 Å². The van der Waals surface area contributed by atoms with Gasteiger partial charge in [-0.2, -0.15) is 0 Å².